The van der Waals surface area contributed by atoms with Gasteiger partial charge in [0.1, 0.15) is 5.56 Å². The van der Waals surface area contributed by atoms with Crippen molar-refractivity contribution in [1.29, 1.82) is 0 Å². The molecular weight excluding hydrogens is 230 g/mol. The fourth-order valence-electron chi connectivity index (χ4n) is 1.22. The molecule has 4 nitrogen and oxygen atoms in total. The molecule has 0 saturated heterocycles. The minimum atomic E-state index is -2.91. The second kappa shape index (κ2) is 4.48. The summed E-state index contributed by atoms with van der Waals surface area (Å²) in [6.45, 7) is 1.30. The van der Waals surface area contributed by atoms with Crippen LogP contribution in [0, 0.1) is 17.0 Å². The molecule has 0 aromatic carbocycles. The molecule has 0 saturated carbocycles. The van der Waals surface area contributed by atoms with Crippen LogP contribution in [0.3, 0.4) is 0 Å². The normalized spacial score (nSPS) is 10.7. The Morgan fingerprint density at radius 1 is 1.67 bits per heavy atom. The van der Waals surface area contributed by atoms with Crippen LogP contribution in [-0.2, 0) is 5.88 Å². The van der Waals surface area contributed by atoms with E-state index < -0.39 is 22.6 Å². The van der Waals surface area contributed by atoms with Crippen LogP contribution in [0.25, 0.3) is 0 Å². The van der Waals surface area contributed by atoms with Crippen molar-refractivity contribution < 1.29 is 13.7 Å². The Kier molecular flexibility index (Phi) is 3.52. The fourth-order valence-corrected chi connectivity index (χ4v) is 1.35. The maximum absolute atomic E-state index is 12.5. The Balaban J connectivity index is 3.42. The van der Waals surface area contributed by atoms with Gasteiger partial charge in [-0.1, -0.05) is 0 Å². The zero-order valence-electron chi connectivity index (χ0n) is 7.71. The number of nitro groups is 1. The van der Waals surface area contributed by atoms with Crippen LogP contribution >= 0.6 is 11.6 Å². The Hall–Kier alpha value is -1.30. The highest BCUT2D eigenvalue weighted by Crippen LogP contribution is 2.31. The number of hydrogen-bond donors (Lipinski definition) is 0. The van der Waals surface area contributed by atoms with Crippen LogP contribution in [0.2, 0.25) is 0 Å². The Morgan fingerprint density at radius 2 is 2.27 bits per heavy atom. The highest BCUT2D eigenvalue weighted by molar-refractivity contribution is 6.16. The number of rotatable bonds is 3. The van der Waals surface area contributed by atoms with Crippen LogP contribution in [0.4, 0.5) is 14.5 Å². The lowest BCUT2D eigenvalue weighted by atomic mass is 10.1. The van der Waals surface area contributed by atoms with E-state index >= 15 is 0 Å². The van der Waals surface area contributed by atoms with Gasteiger partial charge in [-0.15, -0.1) is 11.6 Å². The van der Waals surface area contributed by atoms with Gasteiger partial charge in [-0.2, -0.15) is 0 Å². The second-order valence-electron chi connectivity index (χ2n) is 2.82. The van der Waals surface area contributed by atoms with Crippen molar-refractivity contribution >= 4 is 17.3 Å². The van der Waals surface area contributed by atoms with Crippen LogP contribution < -0.4 is 0 Å². The van der Waals surface area contributed by atoms with Gasteiger partial charge in [-0.25, -0.2) is 8.78 Å². The van der Waals surface area contributed by atoms with Crippen molar-refractivity contribution in [2.24, 2.45) is 0 Å². The molecule has 1 aromatic rings. The molecule has 1 aromatic heterocycles. The maximum atomic E-state index is 12.5. The zero-order valence-corrected chi connectivity index (χ0v) is 8.46. The highest BCUT2D eigenvalue weighted by Gasteiger charge is 2.25. The van der Waals surface area contributed by atoms with E-state index in [0.717, 1.165) is 6.07 Å². The summed E-state index contributed by atoms with van der Waals surface area (Å²) in [5.74, 6) is -0.0504. The lowest BCUT2D eigenvalue weighted by Gasteiger charge is -2.06. The first-order chi connectivity index (χ1) is 6.97. The number of pyridine rings is 1. The summed E-state index contributed by atoms with van der Waals surface area (Å²) in [7, 11) is 0. The maximum Gasteiger partial charge on any atom is 0.282 e. The lowest BCUT2D eigenvalue weighted by molar-refractivity contribution is -0.386. The largest absolute Gasteiger partial charge is 0.282 e. The van der Waals surface area contributed by atoms with Gasteiger partial charge in [-0.05, 0) is 6.92 Å². The van der Waals surface area contributed by atoms with Crippen molar-refractivity contribution in [3.8, 4) is 0 Å². The third-order valence-corrected chi connectivity index (χ3v) is 2.11. The molecule has 0 amide bonds. The summed E-state index contributed by atoms with van der Waals surface area (Å²) in [5, 5.41) is 10.5. The first-order valence-electron chi connectivity index (χ1n) is 3.96. The van der Waals surface area contributed by atoms with Gasteiger partial charge >= 0.3 is 0 Å². The summed E-state index contributed by atoms with van der Waals surface area (Å²) in [4.78, 5) is 13.4. The number of hydrogen-bond acceptors (Lipinski definition) is 3. The number of halogens is 3. The highest BCUT2D eigenvalue weighted by atomic mass is 35.5. The monoisotopic (exact) mass is 236 g/mol. The van der Waals surface area contributed by atoms with Gasteiger partial charge in [0.15, 0.2) is 0 Å². The first-order valence-corrected chi connectivity index (χ1v) is 4.49. The summed E-state index contributed by atoms with van der Waals surface area (Å²) >= 11 is 5.43. The molecule has 0 atom stereocenters. The third kappa shape index (κ3) is 2.38. The summed E-state index contributed by atoms with van der Waals surface area (Å²) < 4.78 is 25.0. The molecule has 0 fully saturated rings. The second-order valence-corrected chi connectivity index (χ2v) is 3.09. The molecule has 0 bridgehead atoms. The Labute approximate surface area is 89.0 Å². The molecule has 0 spiro atoms. The average Bonchev–Trinajstić information content (AvgIpc) is 2.15. The van der Waals surface area contributed by atoms with Gasteiger partial charge in [0.2, 0.25) is 0 Å². The standard InChI is InChI=1S/C8H7ClF2N2O2/c1-4-7(8(10)11)6(13(14)15)2-5(3-9)12-4/h2,8H,3H2,1H3. The van der Waals surface area contributed by atoms with E-state index in [9.17, 15) is 18.9 Å². The SMILES string of the molecule is Cc1nc(CCl)cc([N+](=O)[O-])c1C(F)F. The molecule has 15 heavy (non-hydrogen) atoms. The summed E-state index contributed by atoms with van der Waals surface area (Å²) in [5.41, 5.74) is -1.12. The van der Waals surface area contributed by atoms with E-state index in [2.05, 4.69) is 4.98 Å². The first kappa shape index (κ1) is 11.8. The van der Waals surface area contributed by atoms with Gasteiger partial charge in [0.05, 0.1) is 22.2 Å². The lowest BCUT2D eigenvalue weighted by Crippen LogP contribution is -2.03. The quantitative estimate of drug-likeness (QED) is 0.461. The minimum Gasteiger partial charge on any atom is -0.258 e. The summed E-state index contributed by atoms with van der Waals surface area (Å²) in [6, 6.07) is 0.974. The van der Waals surface area contributed by atoms with E-state index in [1.54, 1.807) is 0 Å². The number of aromatic nitrogens is 1. The van der Waals surface area contributed by atoms with Crippen molar-refractivity contribution in [2.75, 3.05) is 0 Å². The van der Waals surface area contributed by atoms with Crippen LogP contribution in [-0.4, -0.2) is 9.91 Å². The molecule has 7 heteroatoms. The number of nitrogens with zero attached hydrogens (tertiary/aromatic N) is 2. The van der Waals surface area contributed by atoms with Crippen molar-refractivity contribution in [2.45, 2.75) is 19.2 Å². The summed E-state index contributed by atoms with van der Waals surface area (Å²) in [6.07, 6.45) is -2.91. The fraction of sp³-hybridized carbons (Fsp3) is 0.375. The van der Waals surface area contributed by atoms with Gasteiger partial charge in [0, 0.05) is 6.07 Å². The molecule has 0 aliphatic carbocycles. The van der Waals surface area contributed by atoms with Gasteiger partial charge in [0.25, 0.3) is 12.1 Å². The number of alkyl halides is 3. The van der Waals surface area contributed by atoms with E-state index in [4.69, 9.17) is 11.6 Å². The van der Waals surface area contributed by atoms with E-state index in [-0.39, 0.29) is 17.3 Å². The molecule has 0 aliphatic heterocycles. The van der Waals surface area contributed by atoms with Crippen LogP contribution in [0.1, 0.15) is 23.4 Å². The van der Waals surface area contributed by atoms with Crippen molar-refractivity contribution in [1.82, 2.24) is 4.98 Å². The predicted octanol–water partition coefficient (Wildman–Crippen LogP) is 2.97. The average molecular weight is 237 g/mol. The van der Waals surface area contributed by atoms with Crippen LogP contribution in [0.5, 0.6) is 0 Å². The molecule has 1 heterocycles. The van der Waals surface area contributed by atoms with E-state index in [1.165, 1.54) is 6.92 Å². The third-order valence-electron chi connectivity index (χ3n) is 1.83. The van der Waals surface area contributed by atoms with Gasteiger partial charge in [-0.3, -0.25) is 15.1 Å². The Bertz CT molecular complexity index is 398. The molecule has 82 valence electrons. The van der Waals surface area contributed by atoms with E-state index in [0.29, 0.717) is 0 Å². The predicted molar refractivity (Wildman–Crippen MR) is 50.1 cm³/mol. The molecule has 0 aliphatic rings. The van der Waals surface area contributed by atoms with Gasteiger partial charge < -0.3 is 0 Å². The molecule has 0 N–H and O–H groups in total. The van der Waals surface area contributed by atoms with E-state index in [1.807, 2.05) is 0 Å². The molecule has 0 radical (unpaired) electrons. The minimum absolute atomic E-state index is 0.0504. The smallest absolute Gasteiger partial charge is 0.258 e. The van der Waals surface area contributed by atoms with Crippen LogP contribution in [0.15, 0.2) is 6.07 Å². The van der Waals surface area contributed by atoms with Crippen molar-refractivity contribution in [3.05, 3.63) is 33.1 Å². The molecular formula is C8H7ClF2N2O2. The van der Waals surface area contributed by atoms with Crippen molar-refractivity contribution in [3.63, 3.8) is 0 Å². The molecule has 0 unspecified atom stereocenters. The zero-order chi connectivity index (χ0) is 11.6. The Morgan fingerprint density at radius 3 is 2.67 bits per heavy atom. The topological polar surface area (TPSA) is 56.0 Å². The number of aryl methyl sites for hydroxylation is 1. The molecule has 1 rings (SSSR count).